The van der Waals surface area contributed by atoms with Crippen LogP contribution in [0.3, 0.4) is 0 Å². The van der Waals surface area contributed by atoms with Crippen LogP contribution in [0.2, 0.25) is 10.0 Å². The molecule has 0 aliphatic rings. The standard InChI is InChI=1S/C16H12Cl2N4O2/c17-12-5-4-11(7-13(12)18)10-3-1-2-9(6-10)8-19-15-14(16(23)24)20-22-21-15/h1-7H,8H2,(H,23,24)(H2,19,20,21,22). The Kier molecular flexibility index (Phi) is 4.69. The largest absolute Gasteiger partial charge is 0.476 e. The first kappa shape index (κ1) is 16.3. The fourth-order valence-corrected chi connectivity index (χ4v) is 2.52. The van der Waals surface area contributed by atoms with Gasteiger partial charge in [0.2, 0.25) is 0 Å². The number of H-pyrrole nitrogens is 1. The minimum Gasteiger partial charge on any atom is -0.476 e. The van der Waals surface area contributed by atoms with Gasteiger partial charge in [-0.15, -0.1) is 5.10 Å². The second-order valence-electron chi connectivity index (χ2n) is 5.02. The fraction of sp³-hybridized carbons (Fsp3) is 0.0625. The predicted octanol–water partition coefficient (Wildman–Crippen LogP) is 4.09. The van der Waals surface area contributed by atoms with Crippen molar-refractivity contribution in [2.24, 2.45) is 0 Å². The van der Waals surface area contributed by atoms with E-state index in [2.05, 4.69) is 20.7 Å². The third kappa shape index (κ3) is 3.50. The maximum Gasteiger partial charge on any atom is 0.357 e. The summed E-state index contributed by atoms with van der Waals surface area (Å²) in [7, 11) is 0. The molecule has 0 aliphatic carbocycles. The highest BCUT2D eigenvalue weighted by molar-refractivity contribution is 6.42. The topological polar surface area (TPSA) is 90.9 Å². The highest BCUT2D eigenvalue weighted by atomic mass is 35.5. The molecule has 0 aliphatic heterocycles. The van der Waals surface area contributed by atoms with Crippen LogP contribution in [0.25, 0.3) is 11.1 Å². The van der Waals surface area contributed by atoms with Crippen molar-refractivity contribution in [3.05, 3.63) is 63.8 Å². The number of aromatic nitrogens is 3. The Morgan fingerprint density at radius 1 is 1.12 bits per heavy atom. The second kappa shape index (κ2) is 6.90. The summed E-state index contributed by atoms with van der Waals surface area (Å²) in [4.78, 5) is 11.0. The SMILES string of the molecule is O=C(O)c1[nH]nnc1NCc1cccc(-c2ccc(Cl)c(Cl)c2)c1. The molecular formula is C16H12Cl2N4O2. The Bertz CT molecular complexity index is 895. The number of hydrogen-bond acceptors (Lipinski definition) is 4. The summed E-state index contributed by atoms with van der Waals surface area (Å²) >= 11 is 12.0. The number of nitrogens with one attached hydrogen (secondary N) is 2. The zero-order valence-electron chi connectivity index (χ0n) is 12.3. The van der Waals surface area contributed by atoms with Crippen molar-refractivity contribution in [3.8, 4) is 11.1 Å². The molecule has 6 nitrogen and oxygen atoms in total. The van der Waals surface area contributed by atoms with E-state index < -0.39 is 5.97 Å². The molecule has 122 valence electrons. The van der Waals surface area contributed by atoms with E-state index in [1.165, 1.54) is 0 Å². The lowest BCUT2D eigenvalue weighted by Crippen LogP contribution is -2.06. The Balaban J connectivity index is 1.79. The van der Waals surface area contributed by atoms with E-state index in [0.29, 0.717) is 16.6 Å². The van der Waals surface area contributed by atoms with Gasteiger partial charge in [0.25, 0.3) is 0 Å². The highest BCUT2D eigenvalue weighted by Crippen LogP contribution is 2.29. The molecule has 0 bridgehead atoms. The molecule has 1 heterocycles. The van der Waals surface area contributed by atoms with Crippen LogP contribution < -0.4 is 5.32 Å². The number of halogens is 2. The number of carbonyl (C=O) groups is 1. The van der Waals surface area contributed by atoms with Gasteiger partial charge in [0.1, 0.15) is 0 Å². The first-order valence-electron chi connectivity index (χ1n) is 6.97. The van der Waals surface area contributed by atoms with Gasteiger partial charge in [-0.1, -0.05) is 52.7 Å². The summed E-state index contributed by atoms with van der Waals surface area (Å²) in [5, 5.41) is 22.5. The van der Waals surface area contributed by atoms with Gasteiger partial charge in [0.05, 0.1) is 10.0 Å². The normalized spacial score (nSPS) is 10.6. The minimum atomic E-state index is -1.12. The van der Waals surface area contributed by atoms with Crippen LogP contribution >= 0.6 is 23.2 Å². The van der Waals surface area contributed by atoms with E-state index in [-0.39, 0.29) is 11.5 Å². The summed E-state index contributed by atoms with van der Waals surface area (Å²) in [6.07, 6.45) is 0. The molecular weight excluding hydrogens is 351 g/mol. The summed E-state index contributed by atoms with van der Waals surface area (Å²) in [5.74, 6) is -0.922. The van der Waals surface area contributed by atoms with Crippen molar-refractivity contribution in [1.29, 1.82) is 0 Å². The molecule has 0 saturated heterocycles. The molecule has 24 heavy (non-hydrogen) atoms. The van der Waals surface area contributed by atoms with Crippen molar-refractivity contribution in [1.82, 2.24) is 15.4 Å². The van der Waals surface area contributed by atoms with Gasteiger partial charge in [-0.3, -0.25) is 0 Å². The van der Waals surface area contributed by atoms with Crippen molar-refractivity contribution in [2.75, 3.05) is 5.32 Å². The van der Waals surface area contributed by atoms with E-state index >= 15 is 0 Å². The highest BCUT2D eigenvalue weighted by Gasteiger charge is 2.13. The third-order valence-electron chi connectivity index (χ3n) is 3.40. The zero-order chi connectivity index (χ0) is 17.1. The van der Waals surface area contributed by atoms with E-state index in [9.17, 15) is 4.79 Å². The van der Waals surface area contributed by atoms with Crippen LogP contribution in [0.5, 0.6) is 0 Å². The molecule has 0 unspecified atom stereocenters. The van der Waals surface area contributed by atoms with E-state index in [1.807, 2.05) is 30.3 Å². The molecule has 3 N–H and O–H groups in total. The molecule has 1 aromatic heterocycles. The molecule has 0 atom stereocenters. The van der Waals surface area contributed by atoms with Gasteiger partial charge in [-0.05, 0) is 34.9 Å². The average molecular weight is 363 g/mol. The Labute approximate surface area is 147 Å². The maximum absolute atomic E-state index is 11.0. The molecule has 0 amide bonds. The van der Waals surface area contributed by atoms with Crippen LogP contribution in [-0.2, 0) is 6.54 Å². The predicted molar refractivity (Wildman–Crippen MR) is 92.6 cm³/mol. The van der Waals surface area contributed by atoms with Crippen LogP contribution in [0, 0.1) is 0 Å². The maximum atomic E-state index is 11.0. The van der Waals surface area contributed by atoms with E-state index in [0.717, 1.165) is 16.7 Å². The molecule has 0 radical (unpaired) electrons. The molecule has 3 aromatic rings. The van der Waals surface area contributed by atoms with Gasteiger partial charge < -0.3 is 10.4 Å². The summed E-state index contributed by atoms with van der Waals surface area (Å²) < 4.78 is 0. The van der Waals surface area contributed by atoms with Crippen LogP contribution in [0.15, 0.2) is 42.5 Å². The lowest BCUT2D eigenvalue weighted by atomic mass is 10.0. The molecule has 0 spiro atoms. The zero-order valence-corrected chi connectivity index (χ0v) is 13.8. The summed E-state index contributed by atoms with van der Waals surface area (Å²) in [5.41, 5.74) is 2.80. The van der Waals surface area contributed by atoms with Crippen molar-refractivity contribution in [3.63, 3.8) is 0 Å². The van der Waals surface area contributed by atoms with E-state index in [4.69, 9.17) is 28.3 Å². The molecule has 2 aromatic carbocycles. The van der Waals surface area contributed by atoms with Crippen LogP contribution in [-0.4, -0.2) is 26.5 Å². The van der Waals surface area contributed by atoms with Gasteiger partial charge in [0, 0.05) is 6.54 Å². The molecule has 0 fully saturated rings. The Hall–Kier alpha value is -2.57. The molecule has 3 rings (SSSR count). The van der Waals surface area contributed by atoms with Crippen LogP contribution in [0.1, 0.15) is 16.1 Å². The number of anilines is 1. The number of aromatic carboxylic acids is 1. The minimum absolute atomic E-state index is 0.0735. The second-order valence-corrected chi connectivity index (χ2v) is 5.84. The number of aromatic amines is 1. The number of benzene rings is 2. The van der Waals surface area contributed by atoms with Crippen LogP contribution in [0.4, 0.5) is 5.82 Å². The lowest BCUT2D eigenvalue weighted by Gasteiger charge is -2.08. The van der Waals surface area contributed by atoms with Gasteiger partial charge in [-0.25, -0.2) is 9.89 Å². The summed E-state index contributed by atoms with van der Waals surface area (Å²) in [6, 6.07) is 13.2. The molecule has 0 saturated carbocycles. The number of rotatable bonds is 5. The quantitative estimate of drug-likeness (QED) is 0.635. The third-order valence-corrected chi connectivity index (χ3v) is 4.14. The average Bonchev–Trinajstić information content (AvgIpc) is 3.04. The summed E-state index contributed by atoms with van der Waals surface area (Å²) in [6.45, 7) is 0.405. The van der Waals surface area contributed by atoms with Crippen molar-refractivity contribution < 1.29 is 9.90 Å². The first-order valence-corrected chi connectivity index (χ1v) is 7.73. The lowest BCUT2D eigenvalue weighted by molar-refractivity contribution is 0.0691. The van der Waals surface area contributed by atoms with Gasteiger partial charge >= 0.3 is 5.97 Å². The Morgan fingerprint density at radius 3 is 2.67 bits per heavy atom. The van der Waals surface area contributed by atoms with Crippen molar-refractivity contribution >= 4 is 35.0 Å². The molecule has 8 heteroatoms. The number of hydrogen-bond donors (Lipinski definition) is 3. The monoisotopic (exact) mass is 362 g/mol. The Morgan fingerprint density at radius 2 is 1.92 bits per heavy atom. The van der Waals surface area contributed by atoms with Gasteiger partial charge in [-0.2, -0.15) is 0 Å². The fourth-order valence-electron chi connectivity index (χ4n) is 2.22. The smallest absolute Gasteiger partial charge is 0.357 e. The number of carboxylic acids is 1. The number of carboxylic acid groups (broad SMARTS) is 1. The first-order chi connectivity index (χ1) is 11.5. The van der Waals surface area contributed by atoms with Gasteiger partial charge in [0.15, 0.2) is 11.5 Å². The van der Waals surface area contributed by atoms with Crippen molar-refractivity contribution in [2.45, 2.75) is 6.54 Å². The number of nitrogens with zero attached hydrogens (tertiary/aromatic N) is 2. The van der Waals surface area contributed by atoms with E-state index in [1.54, 1.807) is 12.1 Å².